The van der Waals surface area contributed by atoms with Crippen molar-refractivity contribution in [1.82, 2.24) is 4.98 Å². The van der Waals surface area contributed by atoms with Crippen LogP contribution < -0.4 is 11.1 Å². The monoisotopic (exact) mass is 301 g/mol. The van der Waals surface area contributed by atoms with E-state index in [0.717, 1.165) is 4.47 Å². The van der Waals surface area contributed by atoms with Gasteiger partial charge in [0, 0.05) is 17.2 Å². The molecule has 0 aromatic carbocycles. The lowest BCUT2D eigenvalue weighted by Crippen LogP contribution is -2.33. The van der Waals surface area contributed by atoms with E-state index >= 15 is 0 Å². The highest BCUT2D eigenvalue weighted by molar-refractivity contribution is 9.10. The number of rotatable bonds is 4. The number of ether oxygens (including phenoxy) is 1. The number of aromatic nitrogens is 1. The first-order chi connectivity index (χ1) is 7.86. The molecule has 17 heavy (non-hydrogen) atoms. The third kappa shape index (κ3) is 3.59. The molecule has 1 aromatic rings. The Morgan fingerprint density at radius 2 is 2.29 bits per heavy atom. The molecular formula is C11H16BrN3O2. The molecule has 1 aromatic heterocycles. The number of halogens is 1. The summed E-state index contributed by atoms with van der Waals surface area (Å²) in [5.74, 6) is 0.125. The number of anilines is 2. The lowest BCUT2D eigenvalue weighted by Gasteiger charge is -2.22. The number of nitrogen functional groups attached to an aromatic ring is 1. The number of hydrogen-bond acceptors (Lipinski definition) is 5. The molecule has 0 unspecified atom stereocenters. The zero-order chi connectivity index (χ0) is 13.1. The summed E-state index contributed by atoms with van der Waals surface area (Å²) in [6, 6.07) is 1.82. The maximum atomic E-state index is 11.5. The molecule has 0 bridgehead atoms. The first-order valence-electron chi connectivity index (χ1n) is 5.10. The number of pyridine rings is 1. The summed E-state index contributed by atoms with van der Waals surface area (Å²) in [7, 11) is 1.37. The van der Waals surface area contributed by atoms with Crippen LogP contribution in [0.1, 0.15) is 13.8 Å². The van der Waals surface area contributed by atoms with Crippen molar-refractivity contribution in [2.45, 2.75) is 13.8 Å². The molecule has 0 aliphatic rings. The fourth-order valence-corrected chi connectivity index (χ4v) is 1.59. The van der Waals surface area contributed by atoms with Gasteiger partial charge in [-0.3, -0.25) is 4.79 Å². The summed E-state index contributed by atoms with van der Waals surface area (Å²) >= 11 is 3.31. The van der Waals surface area contributed by atoms with Crippen molar-refractivity contribution in [3.8, 4) is 0 Å². The second-order valence-electron chi connectivity index (χ2n) is 4.32. The molecule has 0 spiro atoms. The van der Waals surface area contributed by atoms with E-state index < -0.39 is 5.41 Å². The van der Waals surface area contributed by atoms with Gasteiger partial charge in [0.15, 0.2) is 0 Å². The van der Waals surface area contributed by atoms with Gasteiger partial charge in [-0.05, 0) is 35.8 Å². The van der Waals surface area contributed by atoms with Gasteiger partial charge in [-0.25, -0.2) is 4.98 Å². The Morgan fingerprint density at radius 3 is 2.88 bits per heavy atom. The zero-order valence-corrected chi connectivity index (χ0v) is 11.7. The first-order valence-corrected chi connectivity index (χ1v) is 5.89. The van der Waals surface area contributed by atoms with E-state index in [1.807, 2.05) is 6.07 Å². The third-order valence-electron chi connectivity index (χ3n) is 2.34. The molecule has 0 saturated carbocycles. The van der Waals surface area contributed by atoms with Crippen molar-refractivity contribution in [1.29, 1.82) is 0 Å². The zero-order valence-electron chi connectivity index (χ0n) is 10.1. The van der Waals surface area contributed by atoms with E-state index in [1.165, 1.54) is 7.11 Å². The van der Waals surface area contributed by atoms with Gasteiger partial charge < -0.3 is 15.8 Å². The minimum Gasteiger partial charge on any atom is -0.469 e. The Balaban J connectivity index is 2.73. The number of nitrogens with one attached hydrogen (secondary N) is 1. The summed E-state index contributed by atoms with van der Waals surface area (Å²) in [6.07, 6.45) is 1.62. The van der Waals surface area contributed by atoms with E-state index in [2.05, 4.69) is 26.2 Å². The second kappa shape index (κ2) is 5.35. The SMILES string of the molecule is COC(=O)C(C)(C)CNc1cc(Br)cnc1N. The Hall–Kier alpha value is -1.30. The van der Waals surface area contributed by atoms with E-state index in [9.17, 15) is 4.79 Å². The lowest BCUT2D eigenvalue weighted by atomic mass is 9.93. The minimum atomic E-state index is -0.622. The molecule has 0 atom stereocenters. The lowest BCUT2D eigenvalue weighted by molar-refractivity contribution is -0.149. The summed E-state index contributed by atoms with van der Waals surface area (Å²) in [5, 5.41) is 3.09. The Labute approximate surface area is 109 Å². The number of nitrogens with two attached hydrogens (primary N) is 1. The quantitative estimate of drug-likeness (QED) is 0.832. The van der Waals surface area contributed by atoms with Crippen LogP contribution in [0.25, 0.3) is 0 Å². The maximum Gasteiger partial charge on any atom is 0.313 e. The van der Waals surface area contributed by atoms with Crippen LogP contribution in [0.15, 0.2) is 16.7 Å². The van der Waals surface area contributed by atoms with E-state index in [-0.39, 0.29) is 5.97 Å². The standard InChI is InChI=1S/C11H16BrN3O2/c1-11(2,10(16)17-3)6-15-8-4-7(12)5-14-9(8)13/h4-5,15H,6H2,1-3H3,(H2,13,14). The van der Waals surface area contributed by atoms with E-state index in [4.69, 9.17) is 10.5 Å². The topological polar surface area (TPSA) is 77.2 Å². The highest BCUT2D eigenvalue weighted by atomic mass is 79.9. The minimum absolute atomic E-state index is 0.272. The number of esters is 1. The van der Waals surface area contributed by atoms with Crippen LogP contribution in [0.2, 0.25) is 0 Å². The molecule has 0 radical (unpaired) electrons. The van der Waals surface area contributed by atoms with Crippen molar-refractivity contribution in [3.63, 3.8) is 0 Å². The molecule has 1 heterocycles. The van der Waals surface area contributed by atoms with Crippen LogP contribution in [0.5, 0.6) is 0 Å². The maximum absolute atomic E-state index is 11.5. The highest BCUT2D eigenvalue weighted by Gasteiger charge is 2.28. The van der Waals surface area contributed by atoms with Crippen LogP contribution in [-0.4, -0.2) is 24.6 Å². The largest absolute Gasteiger partial charge is 0.469 e. The number of carbonyl (C=O) groups is 1. The molecule has 0 aliphatic carbocycles. The van der Waals surface area contributed by atoms with Crippen LogP contribution >= 0.6 is 15.9 Å². The number of nitrogens with zero attached hydrogens (tertiary/aromatic N) is 1. The normalized spacial score (nSPS) is 11.1. The van der Waals surface area contributed by atoms with E-state index in [0.29, 0.717) is 18.1 Å². The number of carbonyl (C=O) groups excluding carboxylic acids is 1. The first kappa shape index (κ1) is 13.8. The summed E-state index contributed by atoms with van der Waals surface area (Å²) in [6.45, 7) is 4.02. The molecule has 0 saturated heterocycles. The van der Waals surface area contributed by atoms with Gasteiger partial charge in [-0.2, -0.15) is 0 Å². The second-order valence-corrected chi connectivity index (χ2v) is 5.23. The molecular weight excluding hydrogens is 286 g/mol. The summed E-state index contributed by atoms with van der Waals surface area (Å²) in [5.41, 5.74) is 5.79. The fourth-order valence-electron chi connectivity index (χ4n) is 1.26. The molecule has 6 heteroatoms. The predicted molar refractivity (Wildman–Crippen MR) is 70.6 cm³/mol. The Kier molecular flexibility index (Phi) is 4.34. The third-order valence-corrected chi connectivity index (χ3v) is 2.78. The van der Waals surface area contributed by atoms with Crippen molar-refractivity contribution in [2.24, 2.45) is 5.41 Å². The van der Waals surface area contributed by atoms with Gasteiger partial charge in [0.05, 0.1) is 18.2 Å². The molecule has 0 amide bonds. The summed E-state index contributed by atoms with van der Waals surface area (Å²) < 4.78 is 5.55. The number of methoxy groups -OCH3 is 1. The summed E-state index contributed by atoms with van der Waals surface area (Å²) in [4.78, 5) is 15.5. The van der Waals surface area contributed by atoms with Gasteiger partial charge in [0.25, 0.3) is 0 Å². The van der Waals surface area contributed by atoms with Gasteiger partial charge in [-0.15, -0.1) is 0 Å². The molecule has 0 fully saturated rings. The Bertz CT molecular complexity index is 421. The highest BCUT2D eigenvalue weighted by Crippen LogP contribution is 2.23. The molecule has 0 aliphatic heterocycles. The van der Waals surface area contributed by atoms with Gasteiger partial charge in [0.1, 0.15) is 5.82 Å². The molecule has 3 N–H and O–H groups in total. The predicted octanol–water partition coefficient (Wildman–Crippen LogP) is 2.04. The van der Waals surface area contributed by atoms with Crippen LogP contribution in [0, 0.1) is 5.41 Å². The smallest absolute Gasteiger partial charge is 0.313 e. The number of hydrogen-bond donors (Lipinski definition) is 2. The van der Waals surface area contributed by atoms with Crippen LogP contribution in [-0.2, 0) is 9.53 Å². The van der Waals surface area contributed by atoms with Crippen molar-refractivity contribution >= 4 is 33.4 Å². The van der Waals surface area contributed by atoms with Crippen LogP contribution in [0.4, 0.5) is 11.5 Å². The van der Waals surface area contributed by atoms with Crippen molar-refractivity contribution in [3.05, 3.63) is 16.7 Å². The molecule has 1 rings (SSSR count). The van der Waals surface area contributed by atoms with Crippen molar-refractivity contribution in [2.75, 3.05) is 24.7 Å². The average Bonchev–Trinajstić information content (AvgIpc) is 2.29. The van der Waals surface area contributed by atoms with Gasteiger partial charge in [0.2, 0.25) is 0 Å². The Morgan fingerprint density at radius 1 is 1.65 bits per heavy atom. The average molecular weight is 302 g/mol. The van der Waals surface area contributed by atoms with E-state index in [1.54, 1.807) is 20.0 Å². The van der Waals surface area contributed by atoms with Crippen LogP contribution in [0.3, 0.4) is 0 Å². The molecule has 5 nitrogen and oxygen atoms in total. The van der Waals surface area contributed by atoms with Crippen molar-refractivity contribution < 1.29 is 9.53 Å². The molecule has 94 valence electrons. The van der Waals surface area contributed by atoms with Gasteiger partial charge in [-0.1, -0.05) is 0 Å². The van der Waals surface area contributed by atoms with Gasteiger partial charge >= 0.3 is 5.97 Å². The fraction of sp³-hybridized carbons (Fsp3) is 0.455.